The van der Waals surface area contributed by atoms with Crippen molar-refractivity contribution in [1.82, 2.24) is 14.5 Å². The normalized spacial score (nSPS) is 12.4. The highest BCUT2D eigenvalue weighted by Crippen LogP contribution is 2.28. The molecule has 0 atom stereocenters. The molecule has 0 aliphatic rings. The number of benzene rings is 1. The first kappa shape index (κ1) is 19.4. The summed E-state index contributed by atoms with van der Waals surface area (Å²) in [7, 11) is 0. The molecular formula is C21H25N5O2. The van der Waals surface area contributed by atoms with Crippen LogP contribution in [0.15, 0.2) is 60.4 Å². The molecule has 0 saturated carbocycles. The van der Waals surface area contributed by atoms with Crippen molar-refractivity contribution in [2.75, 3.05) is 11.9 Å². The summed E-state index contributed by atoms with van der Waals surface area (Å²) in [5, 5.41) is 12.6. The topological polar surface area (TPSA) is 98.2 Å². The maximum Gasteiger partial charge on any atom is 0.158 e. The number of aliphatic hydroxyl groups is 1. The van der Waals surface area contributed by atoms with Crippen LogP contribution in [0.4, 0.5) is 11.5 Å². The molecule has 0 radical (unpaired) electrons. The number of nitrogens with zero attached hydrogens (tertiary/aromatic N) is 3. The maximum absolute atomic E-state index is 9.27. The lowest BCUT2D eigenvalue weighted by Crippen LogP contribution is -2.04. The minimum Gasteiger partial charge on any atom is -0.462 e. The van der Waals surface area contributed by atoms with Gasteiger partial charge in [-0.05, 0) is 62.8 Å². The van der Waals surface area contributed by atoms with Crippen molar-refractivity contribution in [2.45, 2.75) is 27.3 Å². The third kappa shape index (κ3) is 4.50. The van der Waals surface area contributed by atoms with Gasteiger partial charge in [-0.25, -0.2) is 9.97 Å². The van der Waals surface area contributed by atoms with E-state index >= 15 is 0 Å². The molecule has 146 valence electrons. The molecule has 0 aliphatic heterocycles. The van der Waals surface area contributed by atoms with Crippen molar-refractivity contribution in [3.63, 3.8) is 0 Å². The Morgan fingerprint density at radius 3 is 2.79 bits per heavy atom. The van der Waals surface area contributed by atoms with Crippen LogP contribution in [0.25, 0.3) is 11.0 Å². The van der Waals surface area contributed by atoms with Gasteiger partial charge >= 0.3 is 0 Å². The molecule has 7 heteroatoms. The standard InChI is InChI=1S/C21H25N5O2/c1-14-12-17(6-7-19(14)28-16(3)5-4-15(2)22)25-21-20-18(23-13-24-21)8-9-26(20)10-11-27/h4-9,12-13,27H,10-11,22H2,1-3H3,(H,23,24,25)/b15-4-,16-5+. The van der Waals surface area contributed by atoms with Crippen LogP contribution in [-0.2, 0) is 6.54 Å². The Kier molecular flexibility index (Phi) is 5.96. The molecule has 3 rings (SSSR count). The Hall–Kier alpha value is -3.32. The Balaban J connectivity index is 1.84. The number of nitrogens with one attached hydrogen (secondary N) is 1. The number of aliphatic hydroxyl groups excluding tert-OH is 1. The number of hydrogen-bond acceptors (Lipinski definition) is 6. The minimum atomic E-state index is 0.0506. The van der Waals surface area contributed by atoms with E-state index in [-0.39, 0.29) is 6.61 Å². The molecule has 0 fully saturated rings. The van der Waals surface area contributed by atoms with Crippen LogP contribution in [0, 0.1) is 6.92 Å². The lowest BCUT2D eigenvalue weighted by molar-refractivity contribution is 0.278. The highest BCUT2D eigenvalue weighted by atomic mass is 16.5. The Bertz CT molecular complexity index is 1030. The lowest BCUT2D eigenvalue weighted by Gasteiger charge is -2.13. The highest BCUT2D eigenvalue weighted by molar-refractivity contribution is 5.88. The van der Waals surface area contributed by atoms with E-state index in [0.29, 0.717) is 12.4 Å². The molecule has 4 N–H and O–H groups in total. The summed E-state index contributed by atoms with van der Waals surface area (Å²) in [5.74, 6) is 2.22. The molecule has 0 bridgehead atoms. The zero-order valence-corrected chi connectivity index (χ0v) is 16.3. The molecule has 0 amide bonds. The molecule has 1 aromatic carbocycles. The molecule has 2 heterocycles. The number of rotatable bonds is 7. The summed E-state index contributed by atoms with van der Waals surface area (Å²) in [4.78, 5) is 8.66. The number of fused-ring (bicyclic) bond motifs is 1. The maximum atomic E-state index is 9.27. The van der Waals surface area contributed by atoms with Crippen LogP contribution >= 0.6 is 0 Å². The SMILES string of the molecule is C/C(N)=C/C=C(\C)Oc1ccc(Nc2ncnc3ccn(CCO)c23)cc1C. The van der Waals surface area contributed by atoms with Crippen LogP contribution < -0.4 is 15.8 Å². The predicted octanol–water partition coefficient (Wildman–Crippen LogP) is 3.62. The van der Waals surface area contributed by atoms with Crippen molar-refractivity contribution in [3.8, 4) is 5.75 Å². The van der Waals surface area contributed by atoms with Crippen molar-refractivity contribution < 1.29 is 9.84 Å². The van der Waals surface area contributed by atoms with Crippen molar-refractivity contribution in [1.29, 1.82) is 0 Å². The van der Waals surface area contributed by atoms with Gasteiger partial charge in [-0.2, -0.15) is 0 Å². The number of anilines is 2. The fourth-order valence-electron chi connectivity index (χ4n) is 2.85. The van der Waals surface area contributed by atoms with Crippen molar-refractivity contribution in [3.05, 3.63) is 66.0 Å². The first-order chi connectivity index (χ1) is 13.5. The number of nitrogens with two attached hydrogens (primary N) is 1. The van der Waals surface area contributed by atoms with Crippen molar-refractivity contribution >= 4 is 22.5 Å². The summed E-state index contributed by atoms with van der Waals surface area (Å²) in [5.41, 5.74) is 9.93. The average molecular weight is 379 g/mol. The first-order valence-corrected chi connectivity index (χ1v) is 9.05. The molecule has 3 aromatic rings. The van der Waals surface area contributed by atoms with E-state index in [1.807, 2.05) is 68.0 Å². The molecule has 7 nitrogen and oxygen atoms in total. The molecule has 2 aromatic heterocycles. The third-order valence-electron chi connectivity index (χ3n) is 4.18. The average Bonchev–Trinajstić information content (AvgIpc) is 3.07. The van der Waals surface area contributed by atoms with Crippen LogP contribution in [0.3, 0.4) is 0 Å². The molecule has 0 aliphatic carbocycles. The summed E-state index contributed by atoms with van der Waals surface area (Å²) >= 11 is 0. The smallest absolute Gasteiger partial charge is 0.158 e. The third-order valence-corrected chi connectivity index (χ3v) is 4.18. The van der Waals surface area contributed by atoms with Crippen LogP contribution in [0.1, 0.15) is 19.4 Å². The summed E-state index contributed by atoms with van der Waals surface area (Å²) in [6.45, 7) is 6.24. The summed E-state index contributed by atoms with van der Waals surface area (Å²) < 4.78 is 7.82. The van der Waals surface area contributed by atoms with E-state index in [1.165, 1.54) is 6.33 Å². The summed E-state index contributed by atoms with van der Waals surface area (Å²) in [6, 6.07) is 7.76. The molecule has 0 saturated heterocycles. The van der Waals surface area contributed by atoms with Gasteiger partial charge in [0.15, 0.2) is 5.82 Å². The lowest BCUT2D eigenvalue weighted by atomic mass is 10.2. The van der Waals surface area contributed by atoms with Gasteiger partial charge in [0.1, 0.15) is 23.4 Å². The number of aryl methyl sites for hydroxylation is 1. The number of allylic oxidation sites excluding steroid dienone is 4. The van der Waals surface area contributed by atoms with E-state index < -0.39 is 0 Å². The number of hydrogen-bond donors (Lipinski definition) is 3. The van der Waals surface area contributed by atoms with Crippen molar-refractivity contribution in [2.24, 2.45) is 5.73 Å². The van der Waals surface area contributed by atoms with E-state index in [0.717, 1.165) is 39.5 Å². The van der Waals surface area contributed by atoms with E-state index in [4.69, 9.17) is 10.5 Å². The predicted molar refractivity (Wildman–Crippen MR) is 111 cm³/mol. The first-order valence-electron chi connectivity index (χ1n) is 9.05. The van der Waals surface area contributed by atoms with Gasteiger partial charge in [-0.3, -0.25) is 0 Å². The molecule has 0 unspecified atom stereocenters. The molecule has 0 spiro atoms. The quantitative estimate of drug-likeness (QED) is 0.428. The van der Waals surface area contributed by atoms with Gasteiger partial charge in [0, 0.05) is 24.1 Å². The Morgan fingerprint density at radius 2 is 2.07 bits per heavy atom. The van der Waals surface area contributed by atoms with Gasteiger partial charge < -0.3 is 25.5 Å². The van der Waals surface area contributed by atoms with Crippen LogP contribution in [0.2, 0.25) is 0 Å². The zero-order valence-electron chi connectivity index (χ0n) is 16.3. The van der Waals surface area contributed by atoms with E-state index in [9.17, 15) is 5.11 Å². The second-order valence-electron chi connectivity index (χ2n) is 6.58. The van der Waals surface area contributed by atoms with Gasteiger partial charge in [-0.15, -0.1) is 0 Å². The Morgan fingerprint density at radius 1 is 1.25 bits per heavy atom. The zero-order chi connectivity index (χ0) is 20.1. The van der Waals surface area contributed by atoms with Gasteiger partial charge in [-0.1, -0.05) is 0 Å². The van der Waals surface area contributed by atoms with E-state index in [1.54, 1.807) is 0 Å². The van der Waals surface area contributed by atoms with Crippen LogP contribution in [0.5, 0.6) is 5.75 Å². The van der Waals surface area contributed by atoms with Gasteiger partial charge in [0.2, 0.25) is 0 Å². The number of ether oxygens (including phenoxy) is 1. The number of aromatic nitrogens is 3. The second-order valence-corrected chi connectivity index (χ2v) is 6.58. The second kappa shape index (κ2) is 8.58. The molecule has 28 heavy (non-hydrogen) atoms. The largest absolute Gasteiger partial charge is 0.462 e. The highest BCUT2D eigenvalue weighted by Gasteiger charge is 2.10. The fourth-order valence-corrected chi connectivity index (χ4v) is 2.85. The van der Waals surface area contributed by atoms with Gasteiger partial charge in [0.05, 0.1) is 12.1 Å². The monoisotopic (exact) mass is 379 g/mol. The van der Waals surface area contributed by atoms with E-state index in [2.05, 4.69) is 15.3 Å². The summed E-state index contributed by atoms with van der Waals surface area (Å²) in [6.07, 6.45) is 7.07. The Labute approximate surface area is 164 Å². The molecular weight excluding hydrogens is 354 g/mol. The van der Waals surface area contributed by atoms with Crippen LogP contribution in [-0.4, -0.2) is 26.2 Å². The fraction of sp³-hybridized carbons (Fsp3) is 0.238. The van der Waals surface area contributed by atoms with Gasteiger partial charge in [0.25, 0.3) is 0 Å². The minimum absolute atomic E-state index is 0.0506.